The minimum absolute atomic E-state index is 0.0173. The van der Waals surface area contributed by atoms with Crippen LogP contribution in [0.15, 0.2) is 42.7 Å². The van der Waals surface area contributed by atoms with Crippen LogP contribution in [0.25, 0.3) is 16.9 Å². The largest absolute Gasteiger partial charge is 0.380 e. The highest BCUT2D eigenvalue weighted by Crippen LogP contribution is 2.56. The summed E-state index contributed by atoms with van der Waals surface area (Å²) in [5.41, 5.74) is 4.63. The van der Waals surface area contributed by atoms with Crippen molar-refractivity contribution < 1.29 is 4.39 Å². The Hall–Kier alpha value is -2.36. The van der Waals surface area contributed by atoms with E-state index in [0.717, 1.165) is 23.4 Å². The summed E-state index contributed by atoms with van der Waals surface area (Å²) < 4.78 is 17.1. The highest BCUT2D eigenvalue weighted by atomic mass is 19.1. The molecular weight excluding hydrogens is 325 g/mol. The van der Waals surface area contributed by atoms with E-state index in [0.29, 0.717) is 11.5 Å². The van der Waals surface area contributed by atoms with Gasteiger partial charge in [-0.2, -0.15) is 0 Å². The van der Waals surface area contributed by atoms with Crippen LogP contribution >= 0.6 is 0 Å². The molecule has 0 bridgehead atoms. The van der Waals surface area contributed by atoms with Gasteiger partial charge >= 0.3 is 0 Å². The van der Waals surface area contributed by atoms with Crippen molar-refractivity contribution in [2.45, 2.75) is 51.0 Å². The molecule has 3 heterocycles. The first-order chi connectivity index (χ1) is 12.4. The molecule has 0 spiro atoms. The van der Waals surface area contributed by atoms with Crippen LogP contribution in [0.2, 0.25) is 0 Å². The lowest BCUT2D eigenvalue weighted by Crippen LogP contribution is -2.51. The van der Waals surface area contributed by atoms with Gasteiger partial charge in [0, 0.05) is 29.2 Å². The van der Waals surface area contributed by atoms with Crippen LogP contribution in [0.3, 0.4) is 0 Å². The Morgan fingerprint density at radius 2 is 2.08 bits per heavy atom. The van der Waals surface area contributed by atoms with Crippen LogP contribution in [-0.2, 0) is 5.41 Å². The molecule has 1 aliphatic heterocycles. The molecule has 0 radical (unpaired) electrons. The summed E-state index contributed by atoms with van der Waals surface area (Å²) in [6, 6.07) is 9.63. The van der Waals surface area contributed by atoms with Crippen molar-refractivity contribution in [1.29, 1.82) is 0 Å². The number of nitrogens with one attached hydrogen (secondary N) is 1. The van der Waals surface area contributed by atoms with Gasteiger partial charge in [0.1, 0.15) is 11.5 Å². The first kappa shape index (κ1) is 15.9. The third-order valence-corrected chi connectivity index (χ3v) is 6.71. The third-order valence-electron chi connectivity index (χ3n) is 6.71. The molecule has 2 atom stereocenters. The number of nitrogens with zero attached hydrogens (tertiary/aromatic N) is 2. The lowest BCUT2D eigenvalue weighted by atomic mass is 9.63. The Kier molecular flexibility index (Phi) is 3.10. The lowest BCUT2D eigenvalue weighted by Gasteiger charge is -2.49. The van der Waals surface area contributed by atoms with Crippen LogP contribution in [0.5, 0.6) is 0 Å². The Morgan fingerprint density at radius 3 is 2.92 bits per heavy atom. The van der Waals surface area contributed by atoms with Gasteiger partial charge in [0.25, 0.3) is 0 Å². The average Bonchev–Trinajstić information content (AvgIpc) is 3.21. The minimum atomic E-state index is -0.187. The molecule has 134 valence electrons. The zero-order valence-corrected chi connectivity index (χ0v) is 15.5. The standard InChI is InChI=1S/C22H24FN3/c1-21(2)19-7-5-9-22(19,3)15-12-14(16(23)13-17(15)25-21)18-6-4-8-20-24-10-11-26(18)20/h4,6,8,10-13,19,25H,5,7,9H2,1-3H3. The van der Waals surface area contributed by atoms with Crippen molar-refractivity contribution in [3.63, 3.8) is 0 Å². The summed E-state index contributed by atoms with van der Waals surface area (Å²) in [5, 5.41) is 3.63. The second-order valence-corrected chi connectivity index (χ2v) is 8.65. The van der Waals surface area contributed by atoms with Crippen molar-refractivity contribution in [2.75, 3.05) is 5.32 Å². The number of hydrogen-bond acceptors (Lipinski definition) is 2. The summed E-state index contributed by atoms with van der Waals surface area (Å²) in [4.78, 5) is 4.34. The molecule has 26 heavy (non-hydrogen) atoms. The molecule has 1 aliphatic carbocycles. The van der Waals surface area contributed by atoms with E-state index >= 15 is 4.39 Å². The Labute approximate surface area is 153 Å². The van der Waals surface area contributed by atoms with Gasteiger partial charge in [0.2, 0.25) is 0 Å². The molecule has 1 saturated carbocycles. The number of anilines is 1. The highest BCUT2D eigenvalue weighted by Gasteiger charge is 2.52. The molecule has 1 fully saturated rings. The number of aromatic nitrogens is 2. The molecule has 0 saturated heterocycles. The van der Waals surface area contributed by atoms with Gasteiger partial charge in [-0.15, -0.1) is 0 Å². The molecule has 2 aromatic heterocycles. The summed E-state index contributed by atoms with van der Waals surface area (Å²) >= 11 is 0. The maximum Gasteiger partial charge on any atom is 0.137 e. The zero-order chi connectivity index (χ0) is 18.1. The summed E-state index contributed by atoms with van der Waals surface area (Å²) in [6.45, 7) is 6.87. The average molecular weight is 349 g/mol. The number of imidazole rings is 1. The van der Waals surface area contributed by atoms with Crippen molar-refractivity contribution in [3.05, 3.63) is 54.1 Å². The summed E-state index contributed by atoms with van der Waals surface area (Å²) in [5.74, 6) is 0.373. The van der Waals surface area contributed by atoms with Crippen LogP contribution in [0.1, 0.15) is 45.6 Å². The maximum atomic E-state index is 15.1. The van der Waals surface area contributed by atoms with Gasteiger partial charge in [-0.05, 0) is 67.9 Å². The first-order valence-electron chi connectivity index (χ1n) is 9.45. The van der Waals surface area contributed by atoms with Gasteiger partial charge in [0.15, 0.2) is 0 Å². The SMILES string of the molecule is CC1(C)Nc2cc(F)c(-c3cccc4nccn34)cc2C2(C)CCCC12. The minimum Gasteiger partial charge on any atom is -0.380 e. The second kappa shape index (κ2) is 5.09. The molecule has 1 N–H and O–H groups in total. The lowest BCUT2D eigenvalue weighted by molar-refractivity contribution is 0.230. The van der Waals surface area contributed by atoms with E-state index in [2.05, 4.69) is 37.1 Å². The van der Waals surface area contributed by atoms with Crippen LogP contribution in [0, 0.1) is 11.7 Å². The molecule has 2 unspecified atom stereocenters. The fourth-order valence-electron chi connectivity index (χ4n) is 5.59. The summed E-state index contributed by atoms with van der Waals surface area (Å²) in [7, 11) is 0. The molecule has 1 aromatic carbocycles. The van der Waals surface area contributed by atoms with Gasteiger partial charge < -0.3 is 5.32 Å². The van der Waals surface area contributed by atoms with Gasteiger partial charge in [-0.25, -0.2) is 9.37 Å². The second-order valence-electron chi connectivity index (χ2n) is 8.65. The monoisotopic (exact) mass is 349 g/mol. The topological polar surface area (TPSA) is 29.3 Å². The van der Waals surface area contributed by atoms with Crippen molar-refractivity contribution in [3.8, 4) is 11.3 Å². The number of halogens is 1. The van der Waals surface area contributed by atoms with Crippen LogP contribution in [0.4, 0.5) is 10.1 Å². The van der Waals surface area contributed by atoms with E-state index in [1.165, 1.54) is 18.4 Å². The van der Waals surface area contributed by atoms with Crippen molar-refractivity contribution >= 4 is 11.3 Å². The number of benzene rings is 1. The molecule has 2 aliphatic rings. The van der Waals surface area contributed by atoms with Crippen molar-refractivity contribution in [1.82, 2.24) is 9.38 Å². The Morgan fingerprint density at radius 1 is 1.23 bits per heavy atom. The number of fused-ring (bicyclic) bond motifs is 4. The molecule has 4 heteroatoms. The Balaban J connectivity index is 1.76. The number of pyridine rings is 1. The maximum absolute atomic E-state index is 15.1. The highest BCUT2D eigenvalue weighted by molar-refractivity contribution is 5.72. The third kappa shape index (κ3) is 2.01. The predicted molar refractivity (Wildman–Crippen MR) is 103 cm³/mol. The van der Waals surface area contributed by atoms with E-state index in [1.807, 2.05) is 28.8 Å². The van der Waals surface area contributed by atoms with Gasteiger partial charge in [-0.3, -0.25) is 4.40 Å². The van der Waals surface area contributed by atoms with E-state index < -0.39 is 0 Å². The molecule has 0 amide bonds. The van der Waals surface area contributed by atoms with E-state index in [-0.39, 0.29) is 16.8 Å². The Bertz CT molecular complexity index is 1020. The smallest absolute Gasteiger partial charge is 0.137 e. The predicted octanol–water partition coefficient (Wildman–Crippen LogP) is 5.40. The van der Waals surface area contributed by atoms with Gasteiger partial charge in [-0.1, -0.05) is 19.4 Å². The van der Waals surface area contributed by atoms with Crippen molar-refractivity contribution in [2.24, 2.45) is 5.92 Å². The number of rotatable bonds is 1. The molecule has 3 nitrogen and oxygen atoms in total. The van der Waals surface area contributed by atoms with Gasteiger partial charge in [0.05, 0.1) is 5.69 Å². The fraction of sp³-hybridized carbons (Fsp3) is 0.409. The van der Waals surface area contributed by atoms with Crippen LogP contribution < -0.4 is 5.32 Å². The zero-order valence-electron chi connectivity index (χ0n) is 15.5. The number of hydrogen-bond donors (Lipinski definition) is 1. The van der Waals surface area contributed by atoms with E-state index in [1.54, 1.807) is 12.3 Å². The normalized spacial score (nSPS) is 26.4. The molecule has 3 aromatic rings. The quantitative estimate of drug-likeness (QED) is 0.637. The first-order valence-corrected chi connectivity index (χ1v) is 9.45. The molecular formula is C22H24FN3. The van der Waals surface area contributed by atoms with Crippen LogP contribution in [-0.4, -0.2) is 14.9 Å². The van der Waals surface area contributed by atoms with E-state index in [4.69, 9.17) is 0 Å². The summed E-state index contributed by atoms with van der Waals surface area (Å²) in [6.07, 6.45) is 7.27. The fourth-order valence-corrected chi connectivity index (χ4v) is 5.59. The van der Waals surface area contributed by atoms with E-state index in [9.17, 15) is 0 Å². The molecule has 5 rings (SSSR count).